The maximum atomic E-state index is 5.84. The lowest BCUT2D eigenvalue weighted by Crippen LogP contribution is -2.12. The van der Waals surface area contributed by atoms with E-state index in [-0.39, 0.29) is 0 Å². The monoisotopic (exact) mass is 430 g/mol. The van der Waals surface area contributed by atoms with Gasteiger partial charge in [0.25, 0.3) is 0 Å². The van der Waals surface area contributed by atoms with Crippen molar-refractivity contribution in [1.82, 2.24) is 0 Å². The zero-order chi connectivity index (χ0) is 22.4. The Balaban J connectivity index is 1.40. The molecule has 1 aliphatic rings. The first-order chi connectivity index (χ1) is 15.8. The second-order valence-electron chi connectivity index (χ2n) is 9.45. The summed E-state index contributed by atoms with van der Waals surface area (Å²) in [4.78, 5) is 0. The quantitative estimate of drug-likeness (QED) is 0.256. The van der Waals surface area contributed by atoms with Gasteiger partial charge in [-0.05, 0) is 86.3 Å². The molecule has 0 radical (unpaired) electrons. The van der Waals surface area contributed by atoms with E-state index in [1.807, 2.05) is 0 Å². The third kappa shape index (κ3) is 8.38. The maximum Gasteiger partial charge on any atom is 0.119 e. The van der Waals surface area contributed by atoms with Gasteiger partial charge in [0.1, 0.15) is 5.75 Å². The molecule has 3 rings (SSSR count). The molecule has 0 unspecified atom stereocenters. The van der Waals surface area contributed by atoms with E-state index >= 15 is 0 Å². The molecule has 0 aliphatic heterocycles. The minimum Gasteiger partial charge on any atom is -0.494 e. The van der Waals surface area contributed by atoms with Crippen LogP contribution < -0.4 is 4.74 Å². The van der Waals surface area contributed by atoms with Crippen molar-refractivity contribution in [3.05, 3.63) is 65.2 Å². The van der Waals surface area contributed by atoms with Crippen molar-refractivity contribution in [2.45, 2.75) is 96.8 Å². The van der Waals surface area contributed by atoms with Gasteiger partial charge in [-0.3, -0.25) is 0 Å². The summed E-state index contributed by atoms with van der Waals surface area (Å²) in [6, 6.07) is 17.8. The summed E-state index contributed by atoms with van der Waals surface area (Å²) < 4.78 is 5.84. The van der Waals surface area contributed by atoms with Gasteiger partial charge in [0.05, 0.1) is 6.61 Å². The Morgan fingerprint density at radius 3 is 2.12 bits per heavy atom. The molecule has 1 heteroatoms. The largest absolute Gasteiger partial charge is 0.494 e. The Kier molecular flexibility index (Phi) is 10.7. The minimum atomic E-state index is 0.536. The average molecular weight is 431 g/mol. The van der Waals surface area contributed by atoms with Crippen LogP contribution in [0.3, 0.4) is 0 Å². The number of hydrogen-bond acceptors (Lipinski definition) is 1. The van der Waals surface area contributed by atoms with E-state index in [0.29, 0.717) is 11.8 Å². The highest BCUT2D eigenvalue weighted by atomic mass is 16.5. The van der Waals surface area contributed by atoms with Gasteiger partial charge >= 0.3 is 0 Å². The molecular formula is C31H42O. The Hall–Kier alpha value is -2.20. The van der Waals surface area contributed by atoms with E-state index in [2.05, 4.69) is 74.2 Å². The lowest BCUT2D eigenvalue weighted by molar-refractivity contribution is 0.305. The molecule has 0 heterocycles. The predicted molar refractivity (Wildman–Crippen MR) is 137 cm³/mol. The van der Waals surface area contributed by atoms with Crippen LogP contribution in [0.25, 0.3) is 0 Å². The van der Waals surface area contributed by atoms with Gasteiger partial charge < -0.3 is 4.74 Å². The summed E-state index contributed by atoms with van der Waals surface area (Å²) in [6.45, 7) is 5.32. The molecule has 0 aromatic heterocycles. The first-order valence-corrected chi connectivity index (χ1v) is 13.1. The SMILES string of the molecule is CCCCCCOc1ccc(C#C[C@H]2CC[C@H](c3ccc(CCCCC)cc3)CC2)cc1. The van der Waals surface area contributed by atoms with Crippen LogP contribution in [0.5, 0.6) is 5.75 Å². The second kappa shape index (κ2) is 14.1. The lowest BCUT2D eigenvalue weighted by Gasteiger charge is -2.26. The number of rotatable bonds is 11. The van der Waals surface area contributed by atoms with E-state index in [4.69, 9.17) is 4.74 Å². The molecule has 32 heavy (non-hydrogen) atoms. The van der Waals surface area contributed by atoms with Crippen molar-refractivity contribution in [1.29, 1.82) is 0 Å². The molecule has 2 aromatic rings. The fraction of sp³-hybridized carbons (Fsp3) is 0.548. The van der Waals surface area contributed by atoms with Crippen LogP contribution in [0, 0.1) is 17.8 Å². The molecule has 0 saturated heterocycles. The van der Waals surface area contributed by atoms with E-state index < -0.39 is 0 Å². The van der Waals surface area contributed by atoms with Gasteiger partial charge in [-0.2, -0.15) is 0 Å². The molecule has 1 aliphatic carbocycles. The number of benzene rings is 2. The summed E-state index contributed by atoms with van der Waals surface area (Å²) in [5.41, 5.74) is 4.12. The van der Waals surface area contributed by atoms with Crippen LogP contribution in [0.4, 0.5) is 0 Å². The molecular weight excluding hydrogens is 388 g/mol. The molecule has 172 valence electrons. The van der Waals surface area contributed by atoms with Gasteiger partial charge in [0.15, 0.2) is 0 Å². The highest BCUT2D eigenvalue weighted by molar-refractivity contribution is 5.38. The molecule has 0 N–H and O–H groups in total. The van der Waals surface area contributed by atoms with Gasteiger partial charge in [-0.25, -0.2) is 0 Å². The Morgan fingerprint density at radius 1 is 0.750 bits per heavy atom. The second-order valence-corrected chi connectivity index (χ2v) is 9.45. The topological polar surface area (TPSA) is 9.23 Å². The molecule has 2 aromatic carbocycles. The number of unbranched alkanes of at least 4 members (excludes halogenated alkanes) is 5. The van der Waals surface area contributed by atoms with Gasteiger partial charge in [-0.1, -0.05) is 82.1 Å². The number of ether oxygens (including phenoxy) is 1. The molecule has 0 bridgehead atoms. The Morgan fingerprint density at radius 2 is 1.44 bits per heavy atom. The normalized spacial score (nSPS) is 18.1. The van der Waals surface area contributed by atoms with Crippen molar-refractivity contribution in [2.75, 3.05) is 6.61 Å². The third-order valence-electron chi connectivity index (χ3n) is 6.79. The summed E-state index contributed by atoms with van der Waals surface area (Å²) >= 11 is 0. The highest BCUT2D eigenvalue weighted by Crippen LogP contribution is 2.35. The molecule has 1 nitrogen and oxygen atoms in total. The molecule has 0 atom stereocenters. The fourth-order valence-corrected chi connectivity index (χ4v) is 4.65. The molecule has 0 amide bonds. The summed E-state index contributed by atoms with van der Waals surface area (Å²) in [7, 11) is 0. The number of aryl methyl sites for hydroxylation is 1. The van der Waals surface area contributed by atoms with Crippen LogP contribution in [0.15, 0.2) is 48.5 Å². The van der Waals surface area contributed by atoms with E-state index in [1.54, 1.807) is 0 Å². The van der Waals surface area contributed by atoms with Crippen molar-refractivity contribution in [3.8, 4) is 17.6 Å². The molecule has 1 fully saturated rings. The maximum absolute atomic E-state index is 5.84. The van der Waals surface area contributed by atoms with Gasteiger partial charge in [-0.15, -0.1) is 0 Å². The minimum absolute atomic E-state index is 0.536. The van der Waals surface area contributed by atoms with Crippen molar-refractivity contribution < 1.29 is 4.74 Å². The van der Waals surface area contributed by atoms with Crippen molar-refractivity contribution >= 4 is 0 Å². The first-order valence-electron chi connectivity index (χ1n) is 13.1. The van der Waals surface area contributed by atoms with Crippen molar-refractivity contribution in [2.24, 2.45) is 5.92 Å². The van der Waals surface area contributed by atoms with Gasteiger partial charge in [0.2, 0.25) is 0 Å². The smallest absolute Gasteiger partial charge is 0.119 e. The van der Waals surface area contributed by atoms with E-state index in [9.17, 15) is 0 Å². The molecule has 0 spiro atoms. The van der Waals surface area contributed by atoms with Crippen LogP contribution in [0.2, 0.25) is 0 Å². The van der Waals surface area contributed by atoms with Crippen molar-refractivity contribution in [3.63, 3.8) is 0 Å². The standard InChI is InChI=1S/C31H42O/c1-3-5-7-9-25-32-31-23-17-28(18-24-31)12-11-27-15-21-30(22-16-27)29-19-13-26(14-20-29)10-8-6-4-2/h13-14,17-20,23-24,27,30H,3-10,15-16,21-22,25H2,1-2H3/t27-,30-. The summed E-state index contributed by atoms with van der Waals surface area (Å²) in [5, 5.41) is 0. The predicted octanol–water partition coefficient (Wildman–Crippen LogP) is 8.70. The van der Waals surface area contributed by atoms with E-state index in [0.717, 1.165) is 24.3 Å². The summed E-state index contributed by atoms with van der Waals surface area (Å²) in [6.07, 6.45) is 15.1. The first kappa shape index (κ1) is 24.4. The van der Waals surface area contributed by atoms with Crippen LogP contribution >= 0.6 is 0 Å². The lowest BCUT2D eigenvalue weighted by atomic mass is 9.78. The highest BCUT2D eigenvalue weighted by Gasteiger charge is 2.21. The number of hydrogen-bond donors (Lipinski definition) is 0. The third-order valence-corrected chi connectivity index (χ3v) is 6.79. The summed E-state index contributed by atoms with van der Waals surface area (Å²) in [5.74, 6) is 9.16. The molecule has 1 saturated carbocycles. The van der Waals surface area contributed by atoms with E-state index in [1.165, 1.54) is 81.8 Å². The Labute approximate surface area is 197 Å². The zero-order valence-electron chi connectivity index (χ0n) is 20.4. The van der Waals surface area contributed by atoms with Gasteiger partial charge in [0, 0.05) is 11.5 Å². The van der Waals surface area contributed by atoms with Crippen LogP contribution in [-0.4, -0.2) is 6.61 Å². The fourth-order valence-electron chi connectivity index (χ4n) is 4.65. The zero-order valence-corrected chi connectivity index (χ0v) is 20.4. The average Bonchev–Trinajstić information content (AvgIpc) is 2.84. The Bertz CT molecular complexity index is 814. The van der Waals surface area contributed by atoms with Crippen LogP contribution in [0.1, 0.15) is 107 Å². The van der Waals surface area contributed by atoms with Crippen LogP contribution in [-0.2, 0) is 6.42 Å².